The van der Waals surface area contributed by atoms with Crippen molar-refractivity contribution in [3.05, 3.63) is 41.0 Å². The first-order chi connectivity index (χ1) is 11.2. The summed E-state index contributed by atoms with van der Waals surface area (Å²) < 4.78 is 5.37. The molecule has 0 saturated carbocycles. The minimum absolute atomic E-state index is 0.0294. The molecule has 3 heterocycles. The van der Waals surface area contributed by atoms with Gasteiger partial charge in [-0.25, -0.2) is 0 Å². The third-order valence-electron chi connectivity index (χ3n) is 4.73. The van der Waals surface area contributed by atoms with Gasteiger partial charge in [-0.3, -0.25) is 4.79 Å². The van der Waals surface area contributed by atoms with E-state index in [1.807, 2.05) is 17.0 Å². The molecule has 2 saturated heterocycles. The predicted molar refractivity (Wildman–Crippen MR) is 87.4 cm³/mol. The molecule has 0 aliphatic carbocycles. The van der Waals surface area contributed by atoms with Crippen LogP contribution in [0.4, 0.5) is 0 Å². The first-order valence-electron chi connectivity index (χ1n) is 7.98. The number of aromatic nitrogens is 1. The predicted octanol–water partition coefficient (Wildman–Crippen LogP) is 2.96. The van der Waals surface area contributed by atoms with E-state index >= 15 is 0 Å². The Hall–Kier alpha value is -1.85. The molecule has 2 unspecified atom stereocenters. The van der Waals surface area contributed by atoms with Crippen molar-refractivity contribution in [2.24, 2.45) is 0 Å². The number of hydrogen-bond acceptors (Lipinski definition) is 4. The zero-order valence-corrected chi connectivity index (χ0v) is 13.4. The lowest BCUT2D eigenvalue weighted by molar-refractivity contribution is 0.0669. The van der Waals surface area contributed by atoms with Gasteiger partial charge in [-0.1, -0.05) is 28.9 Å². The molecule has 6 heteroatoms. The van der Waals surface area contributed by atoms with Gasteiger partial charge in [0.25, 0.3) is 5.91 Å². The van der Waals surface area contributed by atoms with E-state index in [4.69, 9.17) is 16.1 Å². The summed E-state index contributed by atoms with van der Waals surface area (Å²) in [5, 5.41) is 8.02. The van der Waals surface area contributed by atoms with Crippen molar-refractivity contribution in [3.63, 3.8) is 0 Å². The van der Waals surface area contributed by atoms with Gasteiger partial charge in [0.1, 0.15) is 0 Å². The van der Waals surface area contributed by atoms with Crippen molar-refractivity contribution in [1.29, 1.82) is 0 Å². The van der Waals surface area contributed by atoms with Crippen LogP contribution in [0.5, 0.6) is 0 Å². The van der Waals surface area contributed by atoms with Crippen molar-refractivity contribution in [1.82, 2.24) is 15.4 Å². The number of amides is 1. The number of nitrogens with one attached hydrogen (secondary N) is 1. The summed E-state index contributed by atoms with van der Waals surface area (Å²) in [7, 11) is 0. The smallest absolute Gasteiger partial charge is 0.276 e. The molecule has 1 aromatic carbocycles. The van der Waals surface area contributed by atoms with E-state index in [1.165, 1.54) is 0 Å². The second kappa shape index (κ2) is 5.98. The molecule has 2 aliphatic heterocycles. The highest BCUT2D eigenvalue weighted by Gasteiger charge is 2.39. The average Bonchev–Trinajstić information content (AvgIpc) is 3.11. The molecule has 4 rings (SSSR count). The molecule has 2 fully saturated rings. The maximum absolute atomic E-state index is 12.9. The number of nitrogens with zero attached hydrogens (tertiary/aromatic N) is 2. The van der Waals surface area contributed by atoms with Crippen molar-refractivity contribution in [2.75, 3.05) is 13.1 Å². The largest absolute Gasteiger partial charge is 0.355 e. The second-order valence-corrected chi connectivity index (χ2v) is 6.61. The fourth-order valence-corrected chi connectivity index (χ4v) is 3.79. The van der Waals surface area contributed by atoms with Crippen LogP contribution in [0.15, 0.2) is 34.9 Å². The quantitative estimate of drug-likeness (QED) is 0.919. The van der Waals surface area contributed by atoms with E-state index in [0.29, 0.717) is 22.5 Å². The van der Waals surface area contributed by atoms with E-state index < -0.39 is 0 Å². The van der Waals surface area contributed by atoms with Gasteiger partial charge in [0.05, 0.1) is 0 Å². The highest BCUT2D eigenvalue weighted by Crippen LogP contribution is 2.30. The monoisotopic (exact) mass is 331 g/mol. The molecule has 2 aromatic rings. The molecule has 5 nitrogen and oxygen atoms in total. The summed E-state index contributed by atoms with van der Waals surface area (Å²) >= 11 is 6.01. The molecule has 2 atom stereocenters. The van der Waals surface area contributed by atoms with Crippen molar-refractivity contribution < 1.29 is 9.32 Å². The SMILES string of the molecule is O=C(c1cc(-c2cccc(Cl)c2)on1)N1C2CCNCC1CC2. The Kier molecular flexibility index (Phi) is 3.83. The number of hydrogen-bond donors (Lipinski definition) is 1. The highest BCUT2D eigenvalue weighted by molar-refractivity contribution is 6.30. The normalized spacial score (nSPS) is 23.8. The lowest BCUT2D eigenvalue weighted by Crippen LogP contribution is -2.42. The van der Waals surface area contributed by atoms with Gasteiger partial charge >= 0.3 is 0 Å². The number of fused-ring (bicyclic) bond motifs is 2. The van der Waals surface area contributed by atoms with Crippen LogP contribution < -0.4 is 5.32 Å². The maximum atomic E-state index is 12.9. The number of rotatable bonds is 2. The fourth-order valence-electron chi connectivity index (χ4n) is 3.60. The van der Waals surface area contributed by atoms with E-state index in [0.717, 1.165) is 37.9 Å². The van der Waals surface area contributed by atoms with E-state index in [9.17, 15) is 4.79 Å². The minimum Gasteiger partial charge on any atom is -0.355 e. The van der Waals surface area contributed by atoms with Gasteiger partial charge in [-0.05, 0) is 37.9 Å². The zero-order chi connectivity index (χ0) is 15.8. The molecular weight excluding hydrogens is 314 g/mol. The van der Waals surface area contributed by atoms with Crippen LogP contribution in [0.25, 0.3) is 11.3 Å². The molecule has 1 amide bonds. The van der Waals surface area contributed by atoms with Crippen LogP contribution in [0.1, 0.15) is 29.8 Å². The van der Waals surface area contributed by atoms with E-state index in [-0.39, 0.29) is 11.9 Å². The molecule has 120 valence electrons. The van der Waals surface area contributed by atoms with Crippen molar-refractivity contribution in [3.8, 4) is 11.3 Å². The average molecular weight is 332 g/mol. The number of benzene rings is 1. The van der Waals surface area contributed by atoms with Crippen LogP contribution in [0.2, 0.25) is 5.02 Å². The Balaban J connectivity index is 1.60. The molecular formula is C17H18ClN3O2. The zero-order valence-electron chi connectivity index (χ0n) is 12.7. The third kappa shape index (κ3) is 2.75. The Morgan fingerprint density at radius 2 is 2.13 bits per heavy atom. The highest BCUT2D eigenvalue weighted by atomic mass is 35.5. The standard InChI is InChI=1S/C17H18ClN3O2/c18-12-3-1-2-11(8-12)16-9-15(20-23-16)17(22)21-13-4-5-14(21)10-19-7-6-13/h1-3,8-9,13-14,19H,4-7,10H2. The molecule has 0 spiro atoms. The Labute approximate surface area is 139 Å². The summed E-state index contributed by atoms with van der Waals surface area (Å²) in [5.74, 6) is 0.536. The summed E-state index contributed by atoms with van der Waals surface area (Å²) in [5.41, 5.74) is 1.20. The fraction of sp³-hybridized carbons (Fsp3) is 0.412. The molecule has 1 aromatic heterocycles. The Morgan fingerprint density at radius 3 is 3.00 bits per heavy atom. The lowest BCUT2D eigenvalue weighted by atomic mass is 10.1. The molecule has 2 aliphatic rings. The first-order valence-corrected chi connectivity index (χ1v) is 8.36. The minimum atomic E-state index is -0.0294. The molecule has 0 radical (unpaired) electrons. The van der Waals surface area contributed by atoms with Gasteiger partial charge < -0.3 is 14.7 Å². The summed E-state index contributed by atoms with van der Waals surface area (Å²) in [6.07, 6.45) is 3.14. The van der Waals surface area contributed by atoms with Gasteiger partial charge in [0.15, 0.2) is 11.5 Å². The lowest BCUT2D eigenvalue weighted by Gasteiger charge is -2.26. The summed E-state index contributed by atoms with van der Waals surface area (Å²) in [4.78, 5) is 14.9. The molecule has 1 N–H and O–H groups in total. The van der Waals surface area contributed by atoms with Crippen molar-refractivity contribution in [2.45, 2.75) is 31.3 Å². The van der Waals surface area contributed by atoms with Crippen LogP contribution >= 0.6 is 11.6 Å². The Bertz CT molecular complexity index is 716. The molecule has 2 bridgehead atoms. The Morgan fingerprint density at radius 1 is 1.26 bits per heavy atom. The number of halogens is 1. The van der Waals surface area contributed by atoms with Crippen LogP contribution in [0.3, 0.4) is 0 Å². The van der Waals surface area contributed by atoms with Gasteiger partial charge in [0.2, 0.25) is 0 Å². The summed E-state index contributed by atoms with van der Waals surface area (Å²) in [6, 6.07) is 9.63. The number of carbonyl (C=O) groups excluding carboxylic acids is 1. The number of carbonyl (C=O) groups is 1. The second-order valence-electron chi connectivity index (χ2n) is 6.18. The summed E-state index contributed by atoms with van der Waals surface area (Å²) in [6.45, 7) is 1.83. The van der Waals surface area contributed by atoms with Gasteiger partial charge in [0, 0.05) is 35.3 Å². The van der Waals surface area contributed by atoms with Crippen LogP contribution in [0, 0.1) is 0 Å². The first kappa shape index (κ1) is 14.7. The van der Waals surface area contributed by atoms with Gasteiger partial charge in [-0.2, -0.15) is 0 Å². The van der Waals surface area contributed by atoms with Crippen LogP contribution in [-0.2, 0) is 0 Å². The maximum Gasteiger partial charge on any atom is 0.276 e. The van der Waals surface area contributed by atoms with E-state index in [2.05, 4.69) is 10.5 Å². The van der Waals surface area contributed by atoms with Crippen LogP contribution in [-0.4, -0.2) is 41.1 Å². The van der Waals surface area contributed by atoms with Gasteiger partial charge in [-0.15, -0.1) is 0 Å². The van der Waals surface area contributed by atoms with E-state index in [1.54, 1.807) is 18.2 Å². The third-order valence-corrected chi connectivity index (χ3v) is 4.96. The molecule has 23 heavy (non-hydrogen) atoms. The topological polar surface area (TPSA) is 58.4 Å². The van der Waals surface area contributed by atoms with Crippen molar-refractivity contribution >= 4 is 17.5 Å².